The highest BCUT2D eigenvalue weighted by Crippen LogP contribution is 2.48. The minimum Gasteiger partial charge on any atom is -0.463 e. The average Bonchev–Trinajstić information content (AvgIpc) is 3.63. The van der Waals surface area contributed by atoms with Gasteiger partial charge in [-0.1, -0.05) is 47.8 Å². The molecule has 0 saturated carbocycles. The number of thioether (sulfide) groups is 1. The Morgan fingerprint density at radius 1 is 0.912 bits per heavy atom. The van der Waals surface area contributed by atoms with Crippen LogP contribution in [0.1, 0.15) is 6.92 Å². The van der Waals surface area contributed by atoms with Crippen molar-refractivity contribution < 1.29 is 13.6 Å². The first kappa shape index (κ1) is 20.9. The van der Waals surface area contributed by atoms with Crippen LogP contribution >= 0.6 is 23.5 Å². The second-order valence-electron chi connectivity index (χ2n) is 7.69. The zero-order valence-corrected chi connectivity index (χ0v) is 19.7. The van der Waals surface area contributed by atoms with Gasteiger partial charge >= 0.3 is 0 Å². The fraction of sp³-hybridized carbons (Fsp3) is 0.0769. The monoisotopic (exact) mass is 485 g/mol. The number of imidazole rings is 1. The third-order valence-corrected chi connectivity index (χ3v) is 7.60. The van der Waals surface area contributed by atoms with Gasteiger partial charge in [-0.3, -0.25) is 9.69 Å². The van der Waals surface area contributed by atoms with E-state index in [2.05, 4.69) is 4.98 Å². The molecule has 4 heterocycles. The standard InChI is InChI=1S/C26H19N3O3S2/c1-16(25(30)29-17-8-2-4-12-21(17)34-22-13-5-3-9-18(22)29)33-26-27-23(19-10-6-14-31-19)24(28-26)20-11-7-15-32-20/h2-16H,1H3,(H,27,28). The highest BCUT2D eigenvalue weighted by molar-refractivity contribution is 8.00. The van der Waals surface area contributed by atoms with Gasteiger partial charge in [-0.05, 0) is 55.5 Å². The number of amides is 1. The Hall–Kier alpha value is -3.62. The summed E-state index contributed by atoms with van der Waals surface area (Å²) in [5.41, 5.74) is 3.16. The molecule has 0 bridgehead atoms. The van der Waals surface area contributed by atoms with E-state index >= 15 is 0 Å². The predicted octanol–water partition coefficient (Wildman–Crippen LogP) is 7.24. The van der Waals surface area contributed by atoms with Gasteiger partial charge in [0, 0.05) is 9.79 Å². The number of carbonyl (C=O) groups is 1. The summed E-state index contributed by atoms with van der Waals surface area (Å²) in [6.45, 7) is 1.90. The molecule has 0 spiro atoms. The molecule has 5 aromatic rings. The van der Waals surface area contributed by atoms with Gasteiger partial charge in [-0.25, -0.2) is 4.98 Å². The maximum Gasteiger partial charge on any atom is 0.244 e. The highest BCUT2D eigenvalue weighted by atomic mass is 32.2. The fourth-order valence-electron chi connectivity index (χ4n) is 3.94. The summed E-state index contributed by atoms with van der Waals surface area (Å²) in [6, 6.07) is 23.3. The summed E-state index contributed by atoms with van der Waals surface area (Å²) in [4.78, 5) is 25.8. The number of nitrogens with zero attached hydrogens (tertiary/aromatic N) is 2. The molecular weight excluding hydrogens is 466 g/mol. The molecule has 1 amide bonds. The largest absolute Gasteiger partial charge is 0.463 e. The molecule has 1 N–H and O–H groups in total. The highest BCUT2D eigenvalue weighted by Gasteiger charge is 2.32. The Bertz CT molecular complexity index is 1360. The minimum atomic E-state index is -0.399. The van der Waals surface area contributed by atoms with Crippen LogP contribution in [-0.4, -0.2) is 21.1 Å². The minimum absolute atomic E-state index is 0.0132. The van der Waals surface area contributed by atoms with Gasteiger partial charge in [-0.15, -0.1) is 0 Å². The molecule has 0 radical (unpaired) electrons. The molecule has 1 unspecified atom stereocenters. The Kier molecular flexibility index (Phi) is 5.31. The lowest BCUT2D eigenvalue weighted by Gasteiger charge is -2.32. The van der Waals surface area contributed by atoms with E-state index in [-0.39, 0.29) is 5.91 Å². The third-order valence-electron chi connectivity index (χ3n) is 5.49. The first-order chi connectivity index (χ1) is 16.7. The van der Waals surface area contributed by atoms with Crippen molar-refractivity contribution in [3.63, 3.8) is 0 Å². The summed E-state index contributed by atoms with van der Waals surface area (Å²) in [6.07, 6.45) is 3.22. The zero-order chi connectivity index (χ0) is 23.1. The molecule has 34 heavy (non-hydrogen) atoms. The van der Waals surface area contributed by atoms with Gasteiger partial charge in [0.05, 0.1) is 29.2 Å². The number of aromatic nitrogens is 2. The van der Waals surface area contributed by atoms with Gasteiger partial charge in [0.1, 0.15) is 11.4 Å². The van der Waals surface area contributed by atoms with Crippen LogP contribution in [-0.2, 0) is 4.79 Å². The van der Waals surface area contributed by atoms with Crippen molar-refractivity contribution in [2.24, 2.45) is 0 Å². The molecule has 6 nitrogen and oxygen atoms in total. The molecule has 8 heteroatoms. The number of aromatic amines is 1. The van der Waals surface area contributed by atoms with Crippen LogP contribution < -0.4 is 4.90 Å². The van der Waals surface area contributed by atoms with E-state index in [9.17, 15) is 4.79 Å². The molecule has 0 saturated heterocycles. The van der Waals surface area contributed by atoms with Gasteiger partial charge in [0.15, 0.2) is 16.7 Å². The molecule has 168 valence electrons. The van der Waals surface area contributed by atoms with E-state index < -0.39 is 5.25 Å². The number of para-hydroxylation sites is 2. The number of benzene rings is 2. The summed E-state index contributed by atoms with van der Waals surface area (Å²) < 4.78 is 11.2. The van der Waals surface area contributed by atoms with Crippen LogP contribution in [0, 0.1) is 0 Å². The van der Waals surface area contributed by atoms with E-state index in [0.717, 1.165) is 21.2 Å². The number of H-pyrrole nitrogens is 1. The van der Waals surface area contributed by atoms with Crippen LogP contribution in [0.25, 0.3) is 22.9 Å². The summed E-state index contributed by atoms with van der Waals surface area (Å²) in [5.74, 6) is 1.27. The lowest BCUT2D eigenvalue weighted by molar-refractivity contribution is -0.117. The molecular formula is C26H19N3O3S2. The molecule has 1 aliphatic rings. The number of hydrogen-bond donors (Lipinski definition) is 1. The second-order valence-corrected chi connectivity index (χ2v) is 10.1. The zero-order valence-electron chi connectivity index (χ0n) is 18.1. The summed E-state index contributed by atoms with van der Waals surface area (Å²) in [7, 11) is 0. The average molecular weight is 486 g/mol. The number of rotatable bonds is 5. The third kappa shape index (κ3) is 3.65. The quantitative estimate of drug-likeness (QED) is 0.265. The lowest BCUT2D eigenvalue weighted by atomic mass is 10.2. The number of nitrogens with one attached hydrogen (secondary N) is 1. The molecule has 1 atom stereocenters. The van der Waals surface area contributed by atoms with Crippen molar-refractivity contribution in [3.05, 3.63) is 85.3 Å². The maximum absolute atomic E-state index is 13.8. The van der Waals surface area contributed by atoms with E-state index in [0.29, 0.717) is 28.1 Å². The van der Waals surface area contributed by atoms with E-state index in [1.807, 2.05) is 84.6 Å². The molecule has 6 rings (SSSR count). The van der Waals surface area contributed by atoms with E-state index in [1.54, 1.807) is 24.3 Å². The van der Waals surface area contributed by atoms with Crippen molar-refractivity contribution in [1.82, 2.24) is 9.97 Å². The molecule has 3 aromatic heterocycles. The number of hydrogen-bond acceptors (Lipinski definition) is 6. The second kappa shape index (κ2) is 8.62. The Balaban J connectivity index is 1.34. The maximum atomic E-state index is 13.8. The Morgan fingerprint density at radius 3 is 2.15 bits per heavy atom. The molecule has 0 fully saturated rings. The predicted molar refractivity (Wildman–Crippen MR) is 133 cm³/mol. The number of fused-ring (bicyclic) bond motifs is 2. The number of anilines is 2. The smallest absolute Gasteiger partial charge is 0.244 e. The Labute approximate surface area is 204 Å². The van der Waals surface area contributed by atoms with E-state index in [4.69, 9.17) is 13.8 Å². The number of furan rings is 2. The van der Waals surface area contributed by atoms with Gasteiger partial charge in [-0.2, -0.15) is 0 Å². The topological polar surface area (TPSA) is 75.3 Å². The fourth-order valence-corrected chi connectivity index (χ4v) is 5.84. The van der Waals surface area contributed by atoms with Gasteiger partial charge < -0.3 is 13.8 Å². The summed E-state index contributed by atoms with van der Waals surface area (Å²) >= 11 is 3.06. The molecule has 1 aliphatic heterocycles. The van der Waals surface area contributed by atoms with Crippen molar-refractivity contribution in [1.29, 1.82) is 0 Å². The van der Waals surface area contributed by atoms with Crippen LogP contribution in [0.3, 0.4) is 0 Å². The van der Waals surface area contributed by atoms with E-state index in [1.165, 1.54) is 11.8 Å². The van der Waals surface area contributed by atoms with Crippen LogP contribution in [0.4, 0.5) is 11.4 Å². The van der Waals surface area contributed by atoms with Crippen molar-refractivity contribution in [3.8, 4) is 22.9 Å². The first-order valence-corrected chi connectivity index (χ1v) is 12.4. The van der Waals surface area contributed by atoms with Crippen molar-refractivity contribution in [2.75, 3.05) is 4.90 Å². The van der Waals surface area contributed by atoms with Crippen LogP contribution in [0.15, 0.2) is 109 Å². The van der Waals surface area contributed by atoms with Gasteiger partial charge in [0.25, 0.3) is 0 Å². The SMILES string of the molecule is CC(Sc1nc(-c2ccco2)c(-c2ccco2)[nH]1)C(=O)N1c2ccccc2Sc2ccccc21. The molecule has 0 aliphatic carbocycles. The van der Waals surface area contributed by atoms with Crippen LogP contribution in [0.5, 0.6) is 0 Å². The Morgan fingerprint density at radius 2 is 1.53 bits per heavy atom. The normalized spacial score (nSPS) is 13.4. The van der Waals surface area contributed by atoms with Crippen molar-refractivity contribution in [2.45, 2.75) is 27.1 Å². The summed E-state index contributed by atoms with van der Waals surface area (Å²) in [5, 5.41) is 0.218. The first-order valence-electron chi connectivity index (χ1n) is 10.7. The van der Waals surface area contributed by atoms with Crippen LogP contribution in [0.2, 0.25) is 0 Å². The molecule has 2 aromatic carbocycles. The number of carbonyl (C=O) groups excluding carboxylic acids is 1. The lowest BCUT2D eigenvalue weighted by Crippen LogP contribution is -2.34. The van der Waals surface area contributed by atoms with Gasteiger partial charge in [0.2, 0.25) is 5.91 Å². The van der Waals surface area contributed by atoms with Crippen molar-refractivity contribution >= 4 is 40.8 Å².